The van der Waals surface area contributed by atoms with Gasteiger partial charge in [-0.25, -0.2) is 4.39 Å². The van der Waals surface area contributed by atoms with Crippen molar-refractivity contribution in [3.63, 3.8) is 0 Å². The first-order valence-corrected chi connectivity index (χ1v) is 10.2. The maximum absolute atomic E-state index is 13.6. The highest BCUT2D eigenvalue weighted by Gasteiger charge is 2.30. The maximum Gasteiger partial charge on any atom is 0.238 e. The molecule has 2 aliphatic rings. The fourth-order valence-electron chi connectivity index (χ4n) is 3.16. The van der Waals surface area contributed by atoms with E-state index in [1.54, 1.807) is 17.8 Å². The molecule has 2 amide bonds. The summed E-state index contributed by atoms with van der Waals surface area (Å²) in [5, 5.41) is 5.37. The lowest BCUT2D eigenvalue weighted by atomic mass is 10.0. The minimum Gasteiger partial charge on any atom is -0.349 e. The van der Waals surface area contributed by atoms with E-state index in [4.69, 9.17) is 0 Å². The molecule has 0 saturated carbocycles. The van der Waals surface area contributed by atoms with Gasteiger partial charge in [-0.05, 0) is 42.3 Å². The normalized spacial score (nSPS) is 21.3. The van der Waals surface area contributed by atoms with E-state index in [9.17, 15) is 14.0 Å². The van der Waals surface area contributed by atoms with Crippen LogP contribution in [0.2, 0.25) is 0 Å². The Balaban J connectivity index is 1.44. The van der Waals surface area contributed by atoms with Gasteiger partial charge in [-0.15, -0.1) is 23.5 Å². The first-order chi connectivity index (χ1) is 12.6. The summed E-state index contributed by atoms with van der Waals surface area (Å²) in [6.07, 6.45) is 0.846. The van der Waals surface area contributed by atoms with E-state index < -0.39 is 5.25 Å². The van der Waals surface area contributed by atoms with Crippen LogP contribution in [0.5, 0.6) is 0 Å². The smallest absolute Gasteiger partial charge is 0.238 e. The van der Waals surface area contributed by atoms with Gasteiger partial charge >= 0.3 is 0 Å². The largest absolute Gasteiger partial charge is 0.349 e. The van der Waals surface area contributed by atoms with Crippen LogP contribution in [0.1, 0.15) is 24.4 Å². The van der Waals surface area contributed by atoms with Crippen LogP contribution in [0.15, 0.2) is 52.3 Å². The number of para-hydroxylation sites is 1. The molecular weight excluding hydrogens is 371 g/mol. The molecule has 4 rings (SSSR count). The van der Waals surface area contributed by atoms with Gasteiger partial charge in [-0.3, -0.25) is 9.59 Å². The molecule has 2 atom stereocenters. The van der Waals surface area contributed by atoms with E-state index in [0.717, 1.165) is 33.2 Å². The number of anilines is 1. The molecule has 7 heteroatoms. The Labute approximate surface area is 159 Å². The number of carbonyl (C=O) groups excluding carboxylic acids is 2. The Morgan fingerprint density at radius 3 is 2.96 bits per heavy atom. The highest BCUT2D eigenvalue weighted by molar-refractivity contribution is 8.01. The minimum atomic E-state index is -0.463. The molecule has 0 saturated heterocycles. The number of amides is 2. The van der Waals surface area contributed by atoms with Gasteiger partial charge < -0.3 is 10.6 Å². The van der Waals surface area contributed by atoms with Crippen molar-refractivity contribution in [1.29, 1.82) is 0 Å². The van der Waals surface area contributed by atoms with Gasteiger partial charge in [-0.2, -0.15) is 0 Å². The Morgan fingerprint density at radius 2 is 2.08 bits per heavy atom. The van der Waals surface area contributed by atoms with Gasteiger partial charge in [0.05, 0.1) is 17.0 Å². The molecular formula is C19H17FN2O2S2. The molecule has 0 spiro atoms. The molecule has 0 unspecified atom stereocenters. The van der Waals surface area contributed by atoms with Crippen LogP contribution < -0.4 is 10.6 Å². The van der Waals surface area contributed by atoms with E-state index in [1.165, 1.54) is 23.9 Å². The Kier molecular flexibility index (Phi) is 4.91. The van der Waals surface area contributed by atoms with Gasteiger partial charge in [0.15, 0.2) is 0 Å². The number of carbonyl (C=O) groups is 2. The van der Waals surface area contributed by atoms with Gasteiger partial charge in [-0.1, -0.05) is 12.1 Å². The number of thioether (sulfide) groups is 2. The maximum atomic E-state index is 13.6. The van der Waals surface area contributed by atoms with Crippen LogP contribution in [0, 0.1) is 5.82 Å². The van der Waals surface area contributed by atoms with Crippen LogP contribution in [-0.2, 0) is 9.59 Å². The molecule has 0 aliphatic carbocycles. The van der Waals surface area contributed by atoms with Gasteiger partial charge in [0, 0.05) is 22.0 Å². The summed E-state index contributed by atoms with van der Waals surface area (Å²) in [4.78, 5) is 26.8. The standard InChI is InChI=1S/C19H17FN2O2S2/c20-11-5-6-15-12(9-11)13(7-8-25-15)21-18(23)10-17-19(24)22-14-3-1-2-4-16(14)26-17/h1-6,9,13,17H,7-8,10H2,(H,21,23)(H,22,24)/t13-,17+/m0/s1. The van der Waals surface area contributed by atoms with Crippen LogP contribution in [0.4, 0.5) is 10.1 Å². The highest BCUT2D eigenvalue weighted by Crippen LogP contribution is 2.38. The Morgan fingerprint density at radius 1 is 1.23 bits per heavy atom. The lowest BCUT2D eigenvalue weighted by Gasteiger charge is -2.27. The monoisotopic (exact) mass is 388 g/mol. The average molecular weight is 388 g/mol. The molecule has 2 aromatic carbocycles. The number of nitrogens with one attached hydrogen (secondary N) is 2. The molecule has 4 nitrogen and oxygen atoms in total. The molecule has 26 heavy (non-hydrogen) atoms. The molecule has 2 heterocycles. The zero-order valence-electron chi connectivity index (χ0n) is 13.8. The Hall–Kier alpha value is -1.99. The molecule has 0 bridgehead atoms. The van der Waals surface area contributed by atoms with Gasteiger partial charge in [0.25, 0.3) is 0 Å². The minimum absolute atomic E-state index is 0.0964. The van der Waals surface area contributed by atoms with Gasteiger partial charge in [0.1, 0.15) is 5.82 Å². The highest BCUT2D eigenvalue weighted by atomic mass is 32.2. The summed E-state index contributed by atoms with van der Waals surface area (Å²) in [5.41, 5.74) is 1.61. The Bertz CT molecular complexity index is 874. The van der Waals surface area contributed by atoms with Crippen molar-refractivity contribution in [3.8, 4) is 0 Å². The van der Waals surface area contributed by atoms with Crippen molar-refractivity contribution in [1.82, 2.24) is 5.32 Å². The van der Waals surface area contributed by atoms with Crippen LogP contribution in [-0.4, -0.2) is 22.8 Å². The topological polar surface area (TPSA) is 58.2 Å². The lowest BCUT2D eigenvalue weighted by Crippen LogP contribution is -2.37. The molecule has 0 radical (unpaired) electrons. The van der Waals surface area contributed by atoms with E-state index >= 15 is 0 Å². The van der Waals surface area contributed by atoms with Crippen molar-refractivity contribution in [2.75, 3.05) is 11.1 Å². The molecule has 2 aromatic rings. The van der Waals surface area contributed by atoms with Gasteiger partial charge in [0.2, 0.25) is 11.8 Å². The van der Waals surface area contributed by atoms with E-state index in [-0.39, 0.29) is 30.1 Å². The fourth-order valence-corrected chi connectivity index (χ4v) is 5.38. The first kappa shape index (κ1) is 17.4. The third-order valence-electron chi connectivity index (χ3n) is 4.42. The van der Waals surface area contributed by atoms with E-state index in [1.807, 2.05) is 24.3 Å². The fraction of sp³-hybridized carbons (Fsp3) is 0.263. The van der Waals surface area contributed by atoms with Crippen molar-refractivity contribution >= 4 is 41.0 Å². The van der Waals surface area contributed by atoms with E-state index in [2.05, 4.69) is 10.6 Å². The molecule has 0 fully saturated rings. The van der Waals surface area contributed by atoms with Crippen molar-refractivity contribution < 1.29 is 14.0 Å². The summed E-state index contributed by atoms with van der Waals surface area (Å²) in [6, 6.07) is 12.0. The average Bonchev–Trinajstić information content (AvgIpc) is 2.63. The molecule has 2 N–H and O–H groups in total. The second-order valence-corrected chi connectivity index (χ2v) is 8.62. The van der Waals surface area contributed by atoms with Crippen molar-refractivity contribution in [2.24, 2.45) is 0 Å². The van der Waals surface area contributed by atoms with E-state index in [0.29, 0.717) is 0 Å². The lowest BCUT2D eigenvalue weighted by molar-refractivity contribution is -0.124. The van der Waals surface area contributed by atoms with Crippen LogP contribution in [0.3, 0.4) is 0 Å². The van der Waals surface area contributed by atoms with Crippen molar-refractivity contribution in [2.45, 2.75) is 33.9 Å². The summed E-state index contributed by atoms with van der Waals surface area (Å²) in [6.45, 7) is 0. The van der Waals surface area contributed by atoms with Crippen LogP contribution >= 0.6 is 23.5 Å². The summed E-state index contributed by atoms with van der Waals surface area (Å²) < 4.78 is 13.6. The number of rotatable bonds is 3. The number of benzene rings is 2. The summed E-state index contributed by atoms with van der Waals surface area (Å²) in [5.74, 6) is 0.221. The third-order valence-corrected chi connectivity index (χ3v) is 6.82. The summed E-state index contributed by atoms with van der Waals surface area (Å²) in [7, 11) is 0. The number of fused-ring (bicyclic) bond motifs is 2. The predicted octanol–water partition coefficient (Wildman–Crippen LogP) is 3.98. The number of hydrogen-bond donors (Lipinski definition) is 2. The zero-order chi connectivity index (χ0) is 18.1. The third kappa shape index (κ3) is 3.59. The number of halogens is 1. The molecule has 0 aromatic heterocycles. The van der Waals surface area contributed by atoms with Crippen molar-refractivity contribution in [3.05, 3.63) is 53.8 Å². The molecule has 2 aliphatic heterocycles. The van der Waals surface area contributed by atoms with Crippen LogP contribution in [0.25, 0.3) is 0 Å². The zero-order valence-corrected chi connectivity index (χ0v) is 15.5. The number of hydrogen-bond acceptors (Lipinski definition) is 4. The predicted molar refractivity (Wildman–Crippen MR) is 102 cm³/mol. The SMILES string of the molecule is O=C(C[C@H]1Sc2ccccc2NC1=O)N[C@H]1CCSc2ccc(F)cc21. The quantitative estimate of drug-likeness (QED) is 0.835. The summed E-state index contributed by atoms with van der Waals surface area (Å²) >= 11 is 3.08. The second-order valence-electron chi connectivity index (χ2n) is 6.24. The first-order valence-electron chi connectivity index (χ1n) is 8.38. The molecule has 134 valence electrons. The second kappa shape index (κ2) is 7.32.